The predicted octanol–water partition coefficient (Wildman–Crippen LogP) is 4.65. The Morgan fingerprint density at radius 3 is 2.74 bits per heavy atom. The Morgan fingerprint density at radius 2 is 2.00 bits per heavy atom. The first kappa shape index (κ1) is 14.6. The Kier molecular flexibility index (Phi) is 5.91. The Balaban J connectivity index is 1.87. The second-order valence-electron chi connectivity index (χ2n) is 6.27. The van der Waals surface area contributed by atoms with Gasteiger partial charge in [0, 0.05) is 0 Å². The molecule has 0 amide bonds. The van der Waals surface area contributed by atoms with Crippen LogP contribution in [0.2, 0.25) is 0 Å². The van der Waals surface area contributed by atoms with E-state index in [1.807, 2.05) is 0 Å². The van der Waals surface area contributed by atoms with Gasteiger partial charge >= 0.3 is 0 Å². The average molecular weight is 259 g/mol. The monoisotopic (exact) mass is 259 g/mol. The molecule has 2 N–H and O–H groups in total. The fourth-order valence-electron chi connectivity index (χ4n) is 3.32. The van der Waals surface area contributed by atoms with Gasteiger partial charge in [-0.25, -0.2) is 0 Å². The van der Waals surface area contributed by atoms with Gasteiger partial charge in [-0.05, 0) is 48.8 Å². The lowest BCUT2D eigenvalue weighted by atomic mass is 9.85. The van der Waals surface area contributed by atoms with Crippen LogP contribution in [0.1, 0.15) is 68.9 Å². The molecule has 2 rings (SSSR count). The molecule has 1 fully saturated rings. The molecule has 0 bridgehead atoms. The van der Waals surface area contributed by atoms with Crippen molar-refractivity contribution < 1.29 is 0 Å². The molecule has 1 heteroatoms. The summed E-state index contributed by atoms with van der Waals surface area (Å²) in [5, 5.41) is 0. The molecule has 0 aromatic heterocycles. The molecular weight excluding hydrogens is 230 g/mol. The van der Waals surface area contributed by atoms with Crippen LogP contribution in [0.3, 0.4) is 0 Å². The summed E-state index contributed by atoms with van der Waals surface area (Å²) < 4.78 is 0. The number of aryl methyl sites for hydroxylation is 1. The van der Waals surface area contributed by atoms with Crippen LogP contribution in [0.15, 0.2) is 24.3 Å². The average Bonchev–Trinajstić information content (AvgIpc) is 2.47. The first-order chi connectivity index (χ1) is 9.29. The van der Waals surface area contributed by atoms with Crippen LogP contribution >= 0.6 is 0 Å². The molecule has 0 heterocycles. The van der Waals surface area contributed by atoms with Crippen LogP contribution in [0, 0.1) is 5.92 Å². The summed E-state index contributed by atoms with van der Waals surface area (Å²) in [6.07, 6.45) is 11.0. The van der Waals surface area contributed by atoms with Crippen molar-refractivity contribution in [1.82, 2.24) is 0 Å². The van der Waals surface area contributed by atoms with Crippen molar-refractivity contribution in [1.29, 1.82) is 0 Å². The Labute approximate surface area is 118 Å². The zero-order valence-corrected chi connectivity index (χ0v) is 12.4. The standard InChI is InChI=1S/C18H29N/c1-15(12-13-19)18-9-5-8-17(14-18)11-10-16-6-3-2-4-7-16/h5,8-9,14-16H,2-4,6-7,10-13,19H2,1H3. The number of nitrogens with two attached hydrogens (primary N) is 1. The maximum Gasteiger partial charge on any atom is -0.00715 e. The van der Waals surface area contributed by atoms with E-state index in [1.54, 1.807) is 0 Å². The van der Waals surface area contributed by atoms with E-state index >= 15 is 0 Å². The van der Waals surface area contributed by atoms with Gasteiger partial charge in [-0.15, -0.1) is 0 Å². The molecule has 1 aromatic carbocycles. The molecular formula is C18H29N. The molecule has 1 saturated carbocycles. The van der Waals surface area contributed by atoms with Crippen LogP contribution in [-0.2, 0) is 6.42 Å². The zero-order valence-electron chi connectivity index (χ0n) is 12.4. The van der Waals surface area contributed by atoms with Crippen molar-refractivity contribution in [3.8, 4) is 0 Å². The van der Waals surface area contributed by atoms with Gasteiger partial charge in [-0.1, -0.05) is 63.3 Å². The Morgan fingerprint density at radius 1 is 1.21 bits per heavy atom. The summed E-state index contributed by atoms with van der Waals surface area (Å²) in [6, 6.07) is 9.17. The van der Waals surface area contributed by atoms with Crippen LogP contribution in [0.25, 0.3) is 0 Å². The number of hydrogen-bond donors (Lipinski definition) is 1. The summed E-state index contributed by atoms with van der Waals surface area (Å²) in [6.45, 7) is 3.07. The second-order valence-corrected chi connectivity index (χ2v) is 6.27. The van der Waals surface area contributed by atoms with Gasteiger partial charge in [-0.3, -0.25) is 0 Å². The third kappa shape index (κ3) is 4.65. The van der Waals surface area contributed by atoms with Crippen LogP contribution in [0.5, 0.6) is 0 Å². The Hall–Kier alpha value is -0.820. The summed E-state index contributed by atoms with van der Waals surface area (Å²) in [4.78, 5) is 0. The maximum atomic E-state index is 5.66. The van der Waals surface area contributed by atoms with Gasteiger partial charge in [0.15, 0.2) is 0 Å². The van der Waals surface area contributed by atoms with E-state index in [4.69, 9.17) is 5.73 Å². The quantitative estimate of drug-likeness (QED) is 0.790. The minimum absolute atomic E-state index is 0.597. The lowest BCUT2D eigenvalue weighted by molar-refractivity contribution is 0.339. The number of benzene rings is 1. The van der Waals surface area contributed by atoms with Crippen molar-refractivity contribution in [2.24, 2.45) is 11.7 Å². The minimum Gasteiger partial charge on any atom is -0.330 e. The fourth-order valence-corrected chi connectivity index (χ4v) is 3.32. The van der Waals surface area contributed by atoms with E-state index in [0.717, 1.165) is 18.9 Å². The number of rotatable bonds is 6. The van der Waals surface area contributed by atoms with Crippen molar-refractivity contribution in [3.05, 3.63) is 35.4 Å². The van der Waals surface area contributed by atoms with Crippen molar-refractivity contribution in [3.63, 3.8) is 0 Å². The summed E-state index contributed by atoms with van der Waals surface area (Å²) in [5.41, 5.74) is 8.65. The highest BCUT2D eigenvalue weighted by Crippen LogP contribution is 2.28. The molecule has 0 saturated heterocycles. The first-order valence-electron chi connectivity index (χ1n) is 8.08. The highest BCUT2D eigenvalue weighted by Gasteiger charge is 2.13. The first-order valence-corrected chi connectivity index (χ1v) is 8.08. The minimum atomic E-state index is 0.597. The van der Waals surface area contributed by atoms with E-state index in [9.17, 15) is 0 Å². The summed E-state index contributed by atoms with van der Waals surface area (Å²) in [5.74, 6) is 1.58. The van der Waals surface area contributed by atoms with Crippen LogP contribution < -0.4 is 5.73 Å². The molecule has 1 nitrogen and oxygen atoms in total. The molecule has 1 unspecified atom stereocenters. The van der Waals surface area contributed by atoms with Gasteiger partial charge in [0.1, 0.15) is 0 Å². The molecule has 1 aromatic rings. The van der Waals surface area contributed by atoms with Gasteiger partial charge < -0.3 is 5.73 Å². The molecule has 0 aliphatic heterocycles. The normalized spacial score (nSPS) is 18.4. The smallest absolute Gasteiger partial charge is 0.00715 e. The summed E-state index contributed by atoms with van der Waals surface area (Å²) in [7, 11) is 0. The Bertz CT molecular complexity index is 366. The third-order valence-electron chi connectivity index (χ3n) is 4.69. The van der Waals surface area contributed by atoms with Gasteiger partial charge in [-0.2, -0.15) is 0 Å². The van der Waals surface area contributed by atoms with Gasteiger partial charge in [0.25, 0.3) is 0 Å². The van der Waals surface area contributed by atoms with Crippen molar-refractivity contribution >= 4 is 0 Å². The van der Waals surface area contributed by atoms with E-state index in [-0.39, 0.29) is 0 Å². The molecule has 1 aliphatic carbocycles. The molecule has 1 aliphatic rings. The predicted molar refractivity (Wildman–Crippen MR) is 83.4 cm³/mol. The number of hydrogen-bond acceptors (Lipinski definition) is 1. The van der Waals surface area contributed by atoms with Crippen molar-refractivity contribution in [2.45, 2.75) is 64.2 Å². The lowest BCUT2D eigenvalue weighted by Gasteiger charge is -2.21. The van der Waals surface area contributed by atoms with Gasteiger partial charge in [0.2, 0.25) is 0 Å². The van der Waals surface area contributed by atoms with E-state index in [0.29, 0.717) is 5.92 Å². The van der Waals surface area contributed by atoms with Gasteiger partial charge in [0.05, 0.1) is 0 Å². The van der Waals surface area contributed by atoms with Crippen LogP contribution in [0.4, 0.5) is 0 Å². The molecule has 0 radical (unpaired) electrons. The highest BCUT2D eigenvalue weighted by atomic mass is 14.5. The third-order valence-corrected chi connectivity index (χ3v) is 4.69. The second kappa shape index (κ2) is 7.69. The largest absolute Gasteiger partial charge is 0.330 e. The summed E-state index contributed by atoms with van der Waals surface area (Å²) >= 11 is 0. The SMILES string of the molecule is CC(CCN)c1cccc(CCC2CCCCC2)c1. The fraction of sp³-hybridized carbons (Fsp3) is 0.667. The van der Waals surface area contributed by atoms with Crippen molar-refractivity contribution in [2.75, 3.05) is 6.54 Å². The van der Waals surface area contributed by atoms with E-state index in [1.165, 1.54) is 56.1 Å². The van der Waals surface area contributed by atoms with Crippen LogP contribution in [-0.4, -0.2) is 6.54 Å². The molecule has 1 atom stereocenters. The van der Waals surface area contributed by atoms with E-state index < -0.39 is 0 Å². The molecule has 106 valence electrons. The lowest BCUT2D eigenvalue weighted by Crippen LogP contribution is -2.08. The molecule has 0 spiro atoms. The zero-order chi connectivity index (χ0) is 13.5. The van der Waals surface area contributed by atoms with E-state index in [2.05, 4.69) is 31.2 Å². The molecule has 19 heavy (non-hydrogen) atoms. The maximum absolute atomic E-state index is 5.66. The topological polar surface area (TPSA) is 26.0 Å². The highest BCUT2D eigenvalue weighted by molar-refractivity contribution is 5.26.